The third-order valence-corrected chi connectivity index (χ3v) is 4.16. The summed E-state index contributed by atoms with van der Waals surface area (Å²) in [6.45, 7) is 3.96. The zero-order valence-electron chi connectivity index (χ0n) is 11.4. The van der Waals surface area contributed by atoms with Gasteiger partial charge in [0.05, 0.1) is 5.92 Å². The van der Waals surface area contributed by atoms with Crippen LogP contribution in [-0.4, -0.2) is 43.6 Å². The van der Waals surface area contributed by atoms with Crippen LogP contribution in [0.25, 0.3) is 0 Å². The Balaban J connectivity index is 1.70. The number of halogens is 1. The zero-order valence-corrected chi connectivity index (χ0v) is 12.2. The predicted molar refractivity (Wildman–Crippen MR) is 78.2 cm³/mol. The second-order valence-electron chi connectivity index (χ2n) is 5.39. The first-order valence-corrected chi connectivity index (χ1v) is 7.52. The molecule has 108 valence electrons. The maximum Gasteiger partial charge on any atom is 0.229 e. The number of hydrogen-bond donors (Lipinski definition) is 1. The molecule has 3 rings (SSSR count). The number of carbonyl (C=O) groups is 1. The Kier molecular flexibility index (Phi) is 4.13. The van der Waals surface area contributed by atoms with E-state index in [1.54, 1.807) is 0 Å². The van der Waals surface area contributed by atoms with Crippen molar-refractivity contribution in [3.05, 3.63) is 28.8 Å². The summed E-state index contributed by atoms with van der Waals surface area (Å²) in [6.07, 6.45) is 1.74. The third kappa shape index (κ3) is 2.91. The third-order valence-electron chi connectivity index (χ3n) is 3.93. The first kappa shape index (κ1) is 13.7. The number of fused-ring (bicyclic) bond motifs is 1. The van der Waals surface area contributed by atoms with Gasteiger partial charge in [-0.3, -0.25) is 4.79 Å². The van der Waals surface area contributed by atoms with Crippen molar-refractivity contribution in [3.63, 3.8) is 0 Å². The summed E-state index contributed by atoms with van der Waals surface area (Å²) in [5, 5.41) is 4.01. The topological polar surface area (TPSA) is 41.6 Å². The van der Waals surface area contributed by atoms with Crippen LogP contribution < -0.4 is 10.1 Å². The molecule has 1 aromatic carbocycles. The maximum absolute atomic E-state index is 12.6. The van der Waals surface area contributed by atoms with Crippen LogP contribution in [0.1, 0.15) is 12.0 Å². The Labute approximate surface area is 124 Å². The van der Waals surface area contributed by atoms with E-state index in [0.29, 0.717) is 11.6 Å². The lowest BCUT2D eigenvalue weighted by Gasteiger charge is -2.29. The molecule has 0 spiro atoms. The van der Waals surface area contributed by atoms with Crippen LogP contribution in [0.2, 0.25) is 5.02 Å². The van der Waals surface area contributed by atoms with Crippen LogP contribution in [0.4, 0.5) is 0 Å². The largest absolute Gasteiger partial charge is 0.492 e. The molecule has 1 fully saturated rings. The van der Waals surface area contributed by atoms with Crippen molar-refractivity contribution in [1.82, 2.24) is 10.2 Å². The van der Waals surface area contributed by atoms with Crippen molar-refractivity contribution >= 4 is 17.5 Å². The van der Waals surface area contributed by atoms with Gasteiger partial charge in [-0.05, 0) is 43.1 Å². The van der Waals surface area contributed by atoms with Crippen molar-refractivity contribution in [3.8, 4) is 5.75 Å². The van der Waals surface area contributed by atoms with Gasteiger partial charge < -0.3 is 15.0 Å². The Bertz CT molecular complexity index is 499. The van der Waals surface area contributed by atoms with Crippen molar-refractivity contribution < 1.29 is 9.53 Å². The summed E-state index contributed by atoms with van der Waals surface area (Å²) < 4.78 is 5.71. The molecule has 0 radical (unpaired) electrons. The van der Waals surface area contributed by atoms with Gasteiger partial charge in [0, 0.05) is 24.7 Å². The van der Waals surface area contributed by atoms with E-state index in [-0.39, 0.29) is 11.8 Å². The monoisotopic (exact) mass is 294 g/mol. The van der Waals surface area contributed by atoms with E-state index in [4.69, 9.17) is 16.3 Å². The number of hydrogen-bond acceptors (Lipinski definition) is 3. The number of benzene rings is 1. The number of amides is 1. The first-order valence-electron chi connectivity index (χ1n) is 7.15. The van der Waals surface area contributed by atoms with Gasteiger partial charge >= 0.3 is 0 Å². The molecule has 1 N–H and O–H groups in total. The molecule has 2 aliphatic heterocycles. The highest BCUT2D eigenvalue weighted by molar-refractivity contribution is 6.30. The molecule has 4 nitrogen and oxygen atoms in total. The normalized spacial score (nSPS) is 22.6. The molecule has 2 heterocycles. The van der Waals surface area contributed by atoms with Crippen LogP contribution >= 0.6 is 11.6 Å². The van der Waals surface area contributed by atoms with Crippen LogP contribution in [0.5, 0.6) is 5.75 Å². The molecule has 1 atom stereocenters. The molecule has 0 aliphatic carbocycles. The van der Waals surface area contributed by atoms with Gasteiger partial charge in [0.2, 0.25) is 5.91 Å². The molecule has 1 unspecified atom stereocenters. The minimum absolute atomic E-state index is 0.0842. The maximum atomic E-state index is 12.6. The van der Waals surface area contributed by atoms with Gasteiger partial charge in [0.25, 0.3) is 0 Å². The van der Waals surface area contributed by atoms with E-state index in [1.165, 1.54) is 0 Å². The number of rotatable bonds is 1. The van der Waals surface area contributed by atoms with Gasteiger partial charge in [0.1, 0.15) is 12.4 Å². The van der Waals surface area contributed by atoms with Gasteiger partial charge in [0.15, 0.2) is 0 Å². The fourth-order valence-corrected chi connectivity index (χ4v) is 3.04. The average Bonchev–Trinajstić information content (AvgIpc) is 2.74. The molecule has 1 saturated heterocycles. The second-order valence-corrected chi connectivity index (χ2v) is 5.83. The number of nitrogens with zero attached hydrogens (tertiary/aromatic N) is 1. The number of carbonyl (C=O) groups excluding carboxylic acids is 1. The summed E-state index contributed by atoms with van der Waals surface area (Å²) in [6, 6.07) is 5.61. The molecule has 20 heavy (non-hydrogen) atoms. The molecule has 0 bridgehead atoms. The molecule has 0 saturated carbocycles. The van der Waals surface area contributed by atoms with E-state index in [2.05, 4.69) is 5.32 Å². The van der Waals surface area contributed by atoms with Gasteiger partial charge in [-0.15, -0.1) is 0 Å². The molecular formula is C15H19ClN2O2. The minimum atomic E-state index is -0.0842. The average molecular weight is 295 g/mol. The fraction of sp³-hybridized carbons (Fsp3) is 0.533. The summed E-state index contributed by atoms with van der Waals surface area (Å²) in [5.74, 6) is 0.981. The van der Waals surface area contributed by atoms with E-state index in [0.717, 1.165) is 50.3 Å². The lowest BCUT2D eigenvalue weighted by molar-refractivity contribution is -0.136. The van der Waals surface area contributed by atoms with Crippen LogP contribution in [0.3, 0.4) is 0 Å². The summed E-state index contributed by atoms with van der Waals surface area (Å²) in [7, 11) is 0. The predicted octanol–water partition coefficient (Wildman–Crippen LogP) is 1.71. The van der Waals surface area contributed by atoms with Crippen molar-refractivity contribution in [2.45, 2.75) is 12.8 Å². The molecule has 5 heteroatoms. The lowest BCUT2D eigenvalue weighted by atomic mass is 9.95. The lowest BCUT2D eigenvalue weighted by Crippen LogP contribution is -2.42. The van der Waals surface area contributed by atoms with E-state index < -0.39 is 0 Å². The minimum Gasteiger partial charge on any atom is -0.492 e. The highest BCUT2D eigenvalue weighted by atomic mass is 35.5. The molecule has 2 aliphatic rings. The van der Waals surface area contributed by atoms with E-state index >= 15 is 0 Å². The first-order chi connectivity index (χ1) is 9.74. The summed E-state index contributed by atoms with van der Waals surface area (Å²) in [5.41, 5.74) is 1.04. The van der Waals surface area contributed by atoms with Crippen molar-refractivity contribution in [2.75, 3.05) is 32.8 Å². The van der Waals surface area contributed by atoms with Crippen LogP contribution in [-0.2, 0) is 11.2 Å². The highest BCUT2D eigenvalue weighted by Crippen LogP contribution is 2.30. The highest BCUT2D eigenvalue weighted by Gasteiger charge is 2.29. The van der Waals surface area contributed by atoms with Crippen molar-refractivity contribution in [2.24, 2.45) is 5.92 Å². The van der Waals surface area contributed by atoms with Gasteiger partial charge in [-0.1, -0.05) is 11.6 Å². The Hall–Kier alpha value is -1.26. The second kappa shape index (κ2) is 6.02. The van der Waals surface area contributed by atoms with E-state index in [9.17, 15) is 4.79 Å². The fourth-order valence-electron chi connectivity index (χ4n) is 2.85. The number of nitrogens with one attached hydrogen (secondary N) is 1. The van der Waals surface area contributed by atoms with Crippen LogP contribution in [0.15, 0.2) is 18.2 Å². The SMILES string of the molecule is O=C(C1COc2ccc(Cl)cc2C1)N1CCCNCC1. The Morgan fingerprint density at radius 1 is 1.35 bits per heavy atom. The summed E-state index contributed by atoms with van der Waals surface area (Å²) in [4.78, 5) is 14.5. The molecule has 0 aromatic heterocycles. The zero-order chi connectivity index (χ0) is 13.9. The quantitative estimate of drug-likeness (QED) is 0.857. The van der Waals surface area contributed by atoms with Gasteiger partial charge in [-0.25, -0.2) is 0 Å². The molecule has 1 amide bonds. The van der Waals surface area contributed by atoms with Crippen LogP contribution in [0, 0.1) is 5.92 Å². The Morgan fingerprint density at radius 3 is 3.15 bits per heavy atom. The molecular weight excluding hydrogens is 276 g/mol. The standard InChI is InChI=1S/C15H19ClN2O2/c16-13-2-3-14-11(9-13)8-12(10-20-14)15(19)18-6-1-4-17-5-7-18/h2-3,9,12,17H,1,4-8,10H2. The van der Waals surface area contributed by atoms with Gasteiger partial charge in [-0.2, -0.15) is 0 Å². The Morgan fingerprint density at radius 2 is 2.25 bits per heavy atom. The number of ether oxygens (including phenoxy) is 1. The molecule has 1 aromatic rings. The van der Waals surface area contributed by atoms with E-state index in [1.807, 2.05) is 23.1 Å². The smallest absolute Gasteiger partial charge is 0.229 e. The summed E-state index contributed by atoms with van der Waals surface area (Å²) >= 11 is 6.02. The van der Waals surface area contributed by atoms with Crippen molar-refractivity contribution in [1.29, 1.82) is 0 Å².